The van der Waals surface area contributed by atoms with Gasteiger partial charge in [0.15, 0.2) is 15.8 Å². The number of rotatable bonds is 0. The molecular weight excluding hydrogens is 962 g/mol. The van der Waals surface area contributed by atoms with Gasteiger partial charge < -0.3 is 9.71 Å². The predicted molar refractivity (Wildman–Crippen MR) is 319 cm³/mol. The molecule has 0 atom stereocenters. The van der Waals surface area contributed by atoms with Gasteiger partial charge in [0, 0.05) is 66.6 Å². The number of aryl methyl sites for hydroxylation is 7. The Kier molecular flexibility index (Phi) is 33.6. The van der Waals surface area contributed by atoms with E-state index in [0.717, 1.165) is 82.5 Å². The van der Waals surface area contributed by atoms with E-state index in [-0.39, 0.29) is 16.8 Å². The van der Waals surface area contributed by atoms with Crippen molar-refractivity contribution in [2.75, 3.05) is 33.2 Å². The SMILES string of the molecule is [B]N1CCN(C)CC1.[B]c1cc(F)c(C)c(F)c1.[B]c1ccc(C)c(Cl)c1.[B]c1ccc(C)c(F)c1.[B]c1ccc(C)cc1.[B]c1ccc(C)cn1.[B]c1ccc(C)nc1.[B]c1cnc(C)nc1.[B]c1ncc(C)cn1. The largest absolute Gasteiger partial charge is 0.351 e. The van der Waals surface area contributed by atoms with E-state index < -0.39 is 11.6 Å². The van der Waals surface area contributed by atoms with Crippen LogP contribution in [0.3, 0.4) is 0 Å². The summed E-state index contributed by atoms with van der Waals surface area (Å²) >= 11 is 5.73. The van der Waals surface area contributed by atoms with Crippen LogP contribution in [0, 0.1) is 72.8 Å². The van der Waals surface area contributed by atoms with Crippen molar-refractivity contribution in [2.45, 2.75) is 55.4 Å². The Bertz CT molecular complexity index is 2410. The molecule has 0 aliphatic carbocycles. The number of aromatic nitrogens is 6. The number of nitrogens with zero attached hydrogens (tertiary/aromatic N) is 8. The van der Waals surface area contributed by atoms with Crippen molar-refractivity contribution < 1.29 is 13.2 Å². The number of piperazine rings is 1. The summed E-state index contributed by atoms with van der Waals surface area (Å²) in [6.07, 6.45) is 9.93. The lowest BCUT2D eigenvalue weighted by molar-refractivity contribution is 0.227. The van der Waals surface area contributed by atoms with E-state index in [2.05, 4.69) is 41.9 Å². The Balaban J connectivity index is 0.000000428. The lowest BCUT2D eigenvalue weighted by atomic mass is 9.95. The maximum Gasteiger partial charge on any atom is 0.182 e. The second-order valence-corrected chi connectivity index (χ2v) is 17.5. The fourth-order valence-electron chi connectivity index (χ4n) is 5.04. The van der Waals surface area contributed by atoms with Gasteiger partial charge in [0.25, 0.3) is 0 Å². The first kappa shape index (κ1) is 67.9. The Morgan fingerprint density at radius 1 is 0.421 bits per heavy atom. The Labute approximate surface area is 467 Å². The zero-order valence-corrected chi connectivity index (χ0v) is 45.6. The zero-order valence-electron chi connectivity index (χ0n) is 44.8. The van der Waals surface area contributed by atoms with E-state index >= 15 is 0 Å². The molecule has 4 aromatic heterocycles. The number of halogens is 4. The van der Waals surface area contributed by atoms with Crippen molar-refractivity contribution in [3.05, 3.63) is 202 Å². The van der Waals surface area contributed by atoms with Crippen LogP contribution in [0.5, 0.6) is 0 Å². The molecule has 0 unspecified atom stereocenters. The van der Waals surface area contributed by atoms with Gasteiger partial charge in [-0.15, -0.1) is 0 Å². The molecule has 0 bridgehead atoms. The van der Waals surface area contributed by atoms with Crippen LogP contribution >= 0.6 is 11.6 Å². The minimum Gasteiger partial charge on any atom is -0.351 e. The lowest BCUT2D eigenvalue weighted by Crippen LogP contribution is -2.42. The Hall–Kier alpha value is -6.08. The summed E-state index contributed by atoms with van der Waals surface area (Å²) in [4.78, 5) is 27.1. The van der Waals surface area contributed by atoms with Crippen LogP contribution in [0.1, 0.15) is 44.9 Å². The van der Waals surface area contributed by atoms with Crippen LogP contribution in [0.25, 0.3) is 0 Å². The standard InChI is InChI=1S/C7H6BCl.C7H5BF2.C7H6BF.C7H7B.2C6H6BN.C5H11BN2.2C5H5BN2/c1-5-2-3-6(8)4-7(5)9;1-4-6(9)2-5(8)3-7(4)10;1-5-2-3-6(8)4-7(5)9;1-6-2-4-7(8)5-3-6;1-5-2-3-6(7)4-8-5;1-5-2-3-6(7)8-4-5;1-7-2-4-8(6)5-3-7;1-4-7-2-5(6)3-8-4;1-4-2-7-5(6)8-3-4/h2-4H,1H3;2-3H,1H3;2-4H,1H3;2-5H,1H3;2*2-4H,1H3;2-5H2,1H3;2*2-3H,1H3. The average Bonchev–Trinajstić information content (AvgIpc) is 3.38. The molecule has 372 valence electrons. The van der Waals surface area contributed by atoms with E-state index in [4.69, 9.17) is 82.4 Å². The second kappa shape index (κ2) is 37.6. The average molecular weight is 1020 g/mol. The molecule has 18 radical (unpaired) electrons. The smallest absolute Gasteiger partial charge is 0.182 e. The van der Waals surface area contributed by atoms with E-state index in [9.17, 15) is 13.2 Å². The Morgan fingerprint density at radius 2 is 0.882 bits per heavy atom. The molecule has 4 aromatic carbocycles. The van der Waals surface area contributed by atoms with Gasteiger partial charge in [0.05, 0.1) is 5.72 Å². The minimum atomic E-state index is -0.600. The predicted octanol–water partition coefficient (Wildman–Crippen LogP) is 3.07. The first-order chi connectivity index (χ1) is 35.7. The Morgan fingerprint density at radius 3 is 1.26 bits per heavy atom. The molecule has 1 saturated heterocycles. The van der Waals surface area contributed by atoms with E-state index in [1.54, 1.807) is 68.4 Å². The van der Waals surface area contributed by atoms with Crippen molar-refractivity contribution in [2.24, 2.45) is 0 Å². The summed E-state index contributed by atoms with van der Waals surface area (Å²) in [7, 11) is 50.1. The van der Waals surface area contributed by atoms with Gasteiger partial charge in [0.2, 0.25) is 0 Å². The molecule has 5 heterocycles. The minimum absolute atomic E-state index is 0.00852. The lowest BCUT2D eigenvalue weighted by Gasteiger charge is -2.29. The fourth-order valence-corrected chi connectivity index (χ4v) is 5.22. The first-order valence-corrected chi connectivity index (χ1v) is 23.8. The highest BCUT2D eigenvalue weighted by molar-refractivity contribution is 6.36. The molecule has 1 aliphatic heterocycles. The zero-order chi connectivity index (χ0) is 57.3. The summed E-state index contributed by atoms with van der Waals surface area (Å²) in [5.74, 6) is -0.691. The molecule has 1 fully saturated rings. The molecule has 0 spiro atoms. The molecule has 0 amide bonds. The van der Waals surface area contributed by atoms with Crippen molar-refractivity contribution >= 4 is 126 Å². The number of likely N-dealkylation sites (N-methyl/N-ethyl adjacent to an activating group) is 1. The van der Waals surface area contributed by atoms with Gasteiger partial charge in [-0.2, -0.15) is 0 Å². The number of hydrogen-bond acceptors (Lipinski definition) is 8. The van der Waals surface area contributed by atoms with Gasteiger partial charge in [-0.3, -0.25) is 19.9 Å². The van der Waals surface area contributed by atoms with Crippen LogP contribution in [0.2, 0.25) is 5.02 Å². The third kappa shape index (κ3) is 33.1. The molecule has 8 nitrogen and oxygen atoms in total. The van der Waals surface area contributed by atoms with Crippen molar-refractivity contribution in [1.82, 2.24) is 39.6 Å². The summed E-state index contributed by atoms with van der Waals surface area (Å²) in [6.45, 7) is 18.9. The van der Waals surface area contributed by atoms with Gasteiger partial charge in [-0.1, -0.05) is 123 Å². The van der Waals surface area contributed by atoms with Crippen LogP contribution < -0.4 is 44.1 Å². The van der Waals surface area contributed by atoms with Gasteiger partial charge in [-0.25, -0.2) is 23.1 Å². The molecule has 1 aliphatic rings. The third-order valence-corrected chi connectivity index (χ3v) is 10.2. The topological polar surface area (TPSA) is 83.8 Å². The van der Waals surface area contributed by atoms with Crippen LogP contribution in [0.15, 0.2) is 134 Å². The normalized spacial score (nSPS) is 11.1. The van der Waals surface area contributed by atoms with Crippen molar-refractivity contribution in [3.63, 3.8) is 0 Å². The molecule has 21 heteroatoms. The summed E-state index contributed by atoms with van der Waals surface area (Å²) in [5.41, 5.74) is 10.5. The summed E-state index contributed by atoms with van der Waals surface area (Å²) in [6, 6.07) is 27.6. The molecule has 9 rings (SSSR count). The van der Waals surface area contributed by atoms with Crippen molar-refractivity contribution in [3.8, 4) is 0 Å². The molecule has 0 saturated carbocycles. The van der Waals surface area contributed by atoms with Crippen molar-refractivity contribution in [1.29, 1.82) is 0 Å². The quantitative estimate of drug-likeness (QED) is 0.215. The van der Waals surface area contributed by atoms with Crippen LogP contribution in [0.4, 0.5) is 13.2 Å². The van der Waals surface area contributed by atoms with Gasteiger partial charge in [-0.05, 0) is 128 Å². The highest BCUT2D eigenvalue weighted by Gasteiger charge is 2.07. The number of hydrogen-bond donors (Lipinski definition) is 0. The summed E-state index contributed by atoms with van der Waals surface area (Å²) in [5, 5.41) is 0.731. The molecule has 76 heavy (non-hydrogen) atoms. The highest BCUT2D eigenvalue weighted by Crippen LogP contribution is 2.11. The third-order valence-electron chi connectivity index (χ3n) is 9.78. The molecule has 8 aromatic rings. The fraction of sp³-hybridized carbons (Fsp3) is 0.236. The molecule has 0 N–H and O–H groups in total. The van der Waals surface area contributed by atoms with E-state index in [0.29, 0.717) is 33.3 Å². The number of benzene rings is 4. The van der Waals surface area contributed by atoms with E-state index in [1.807, 2.05) is 101 Å². The van der Waals surface area contributed by atoms with E-state index in [1.165, 1.54) is 18.6 Å². The maximum absolute atomic E-state index is 12.5. The van der Waals surface area contributed by atoms with Gasteiger partial charge in [0.1, 0.15) is 78.2 Å². The monoisotopic (exact) mass is 1020 g/mol. The van der Waals surface area contributed by atoms with Crippen LogP contribution in [-0.2, 0) is 0 Å². The van der Waals surface area contributed by atoms with Gasteiger partial charge >= 0.3 is 0 Å². The first-order valence-electron chi connectivity index (χ1n) is 23.4. The molecular formula is C55H57B9ClF3N8. The van der Waals surface area contributed by atoms with Crippen LogP contribution in [-0.4, -0.2) is 144 Å². The number of pyridine rings is 2. The summed E-state index contributed by atoms with van der Waals surface area (Å²) < 4.78 is 37.5. The highest BCUT2D eigenvalue weighted by atomic mass is 35.5. The maximum atomic E-state index is 12.5. The second-order valence-electron chi connectivity index (χ2n) is 17.1.